The van der Waals surface area contributed by atoms with Crippen molar-refractivity contribution in [2.45, 2.75) is 0 Å². The number of aromatic nitrogens is 2. The number of H-pyrrole nitrogens is 1. The van der Waals surface area contributed by atoms with Gasteiger partial charge in [-0.05, 0) is 46.3 Å². The van der Waals surface area contributed by atoms with Gasteiger partial charge in [-0.2, -0.15) is 5.10 Å². The third-order valence-electron chi connectivity index (χ3n) is 2.89. The fourth-order valence-corrected chi connectivity index (χ4v) is 2.45. The number of nitrogens with zero attached hydrogens (tertiary/aromatic N) is 1. The summed E-state index contributed by atoms with van der Waals surface area (Å²) in [5.41, 5.74) is 1.44. The molecule has 0 aliphatic rings. The lowest BCUT2D eigenvalue weighted by molar-refractivity contribution is 0.102. The van der Waals surface area contributed by atoms with Crippen molar-refractivity contribution >= 4 is 38.4 Å². The smallest absolute Gasteiger partial charge is 0.259 e. The molecule has 2 N–H and O–H groups in total. The van der Waals surface area contributed by atoms with Crippen LogP contribution in [0.5, 0.6) is 0 Å². The van der Waals surface area contributed by atoms with Crippen LogP contribution in [0, 0.1) is 5.82 Å². The number of carbonyl (C=O) groups excluding carboxylic acids is 1. The summed E-state index contributed by atoms with van der Waals surface area (Å²) in [4.78, 5) is 12.1. The summed E-state index contributed by atoms with van der Waals surface area (Å²) in [6.45, 7) is 0. The molecule has 0 saturated carbocycles. The molecule has 0 bridgehead atoms. The highest BCUT2D eigenvalue weighted by Gasteiger charge is 2.15. The van der Waals surface area contributed by atoms with Crippen LogP contribution in [-0.2, 0) is 0 Å². The van der Waals surface area contributed by atoms with Gasteiger partial charge in [0.15, 0.2) is 0 Å². The van der Waals surface area contributed by atoms with Gasteiger partial charge in [-0.3, -0.25) is 9.89 Å². The van der Waals surface area contributed by atoms with Gasteiger partial charge < -0.3 is 5.32 Å². The SMILES string of the molecule is O=C(Nc1ccc2[nH]ncc2c1)c1c(F)cccc1Br. The van der Waals surface area contributed by atoms with Crippen molar-refractivity contribution in [1.29, 1.82) is 0 Å². The molecule has 0 atom stereocenters. The Bertz CT molecular complexity index is 780. The van der Waals surface area contributed by atoms with Crippen LogP contribution >= 0.6 is 15.9 Å². The minimum atomic E-state index is -0.568. The average molecular weight is 334 g/mol. The largest absolute Gasteiger partial charge is 0.322 e. The molecule has 0 radical (unpaired) electrons. The molecule has 0 aliphatic heterocycles. The van der Waals surface area contributed by atoms with Crippen LogP contribution < -0.4 is 5.32 Å². The number of benzene rings is 2. The number of hydrogen-bond donors (Lipinski definition) is 2. The van der Waals surface area contributed by atoms with E-state index in [-0.39, 0.29) is 5.56 Å². The highest BCUT2D eigenvalue weighted by atomic mass is 79.9. The number of carbonyl (C=O) groups is 1. The van der Waals surface area contributed by atoms with Crippen molar-refractivity contribution in [3.8, 4) is 0 Å². The Morgan fingerprint density at radius 3 is 2.95 bits per heavy atom. The summed E-state index contributed by atoms with van der Waals surface area (Å²) >= 11 is 3.18. The molecule has 0 saturated heterocycles. The standard InChI is InChI=1S/C14H9BrFN3O/c15-10-2-1-3-11(16)13(10)14(20)18-9-4-5-12-8(6-9)7-17-19-12/h1-7H,(H,17,19)(H,18,20). The van der Waals surface area contributed by atoms with Crippen LogP contribution in [0.15, 0.2) is 47.1 Å². The predicted molar refractivity (Wildman–Crippen MR) is 78.1 cm³/mol. The molecule has 0 spiro atoms. The van der Waals surface area contributed by atoms with Gasteiger partial charge in [-0.25, -0.2) is 4.39 Å². The maximum absolute atomic E-state index is 13.7. The lowest BCUT2D eigenvalue weighted by Gasteiger charge is -2.08. The predicted octanol–water partition coefficient (Wildman–Crippen LogP) is 3.72. The lowest BCUT2D eigenvalue weighted by Crippen LogP contribution is -2.14. The molecule has 3 aromatic rings. The molecule has 20 heavy (non-hydrogen) atoms. The van der Waals surface area contributed by atoms with E-state index in [0.29, 0.717) is 10.2 Å². The van der Waals surface area contributed by atoms with Crippen LogP contribution in [0.2, 0.25) is 0 Å². The van der Waals surface area contributed by atoms with Crippen LogP contribution in [0.1, 0.15) is 10.4 Å². The van der Waals surface area contributed by atoms with Crippen LogP contribution in [0.4, 0.5) is 10.1 Å². The van der Waals surface area contributed by atoms with Crippen LogP contribution in [-0.4, -0.2) is 16.1 Å². The second kappa shape index (κ2) is 5.05. The Labute approximate surface area is 122 Å². The monoisotopic (exact) mass is 333 g/mol. The molecule has 3 rings (SSSR count). The second-order valence-electron chi connectivity index (χ2n) is 4.22. The fourth-order valence-electron chi connectivity index (χ4n) is 1.93. The Balaban J connectivity index is 1.92. The zero-order valence-corrected chi connectivity index (χ0v) is 11.7. The first-order chi connectivity index (χ1) is 9.65. The van der Waals surface area contributed by atoms with E-state index in [2.05, 4.69) is 31.4 Å². The molecule has 100 valence electrons. The van der Waals surface area contributed by atoms with Gasteiger partial charge in [0.2, 0.25) is 0 Å². The van der Waals surface area contributed by atoms with Gasteiger partial charge >= 0.3 is 0 Å². The van der Waals surface area contributed by atoms with E-state index in [1.54, 1.807) is 30.5 Å². The molecular weight excluding hydrogens is 325 g/mol. The summed E-state index contributed by atoms with van der Waals surface area (Å²) in [7, 11) is 0. The van der Waals surface area contributed by atoms with Crippen molar-refractivity contribution in [3.63, 3.8) is 0 Å². The van der Waals surface area contributed by atoms with Gasteiger partial charge in [0.05, 0.1) is 17.3 Å². The van der Waals surface area contributed by atoms with Gasteiger partial charge in [0.1, 0.15) is 5.82 Å². The van der Waals surface area contributed by atoms with E-state index in [9.17, 15) is 9.18 Å². The maximum atomic E-state index is 13.7. The Kier molecular flexibility index (Phi) is 3.23. The maximum Gasteiger partial charge on any atom is 0.259 e. The minimum absolute atomic E-state index is 0.0141. The van der Waals surface area contributed by atoms with E-state index < -0.39 is 11.7 Å². The number of hydrogen-bond acceptors (Lipinski definition) is 2. The summed E-state index contributed by atoms with van der Waals surface area (Å²) in [5.74, 6) is -1.07. The van der Waals surface area contributed by atoms with E-state index in [4.69, 9.17) is 0 Å². The topological polar surface area (TPSA) is 57.8 Å². The number of anilines is 1. The summed E-state index contributed by atoms with van der Waals surface area (Å²) in [5, 5.41) is 10.3. The van der Waals surface area contributed by atoms with Gasteiger partial charge in [0.25, 0.3) is 5.91 Å². The molecule has 0 unspecified atom stereocenters. The van der Waals surface area contributed by atoms with Crippen molar-refractivity contribution < 1.29 is 9.18 Å². The van der Waals surface area contributed by atoms with E-state index in [1.807, 2.05) is 0 Å². The Hall–Kier alpha value is -2.21. The van der Waals surface area contributed by atoms with Crippen molar-refractivity contribution in [1.82, 2.24) is 10.2 Å². The molecule has 0 fully saturated rings. The van der Waals surface area contributed by atoms with Crippen molar-refractivity contribution in [2.24, 2.45) is 0 Å². The second-order valence-corrected chi connectivity index (χ2v) is 5.08. The third kappa shape index (κ3) is 2.30. The zero-order valence-electron chi connectivity index (χ0n) is 10.2. The van der Waals surface area contributed by atoms with Crippen LogP contribution in [0.25, 0.3) is 10.9 Å². The zero-order chi connectivity index (χ0) is 14.1. The molecule has 2 aromatic carbocycles. The third-order valence-corrected chi connectivity index (χ3v) is 3.55. The van der Waals surface area contributed by atoms with Gasteiger partial charge in [-0.1, -0.05) is 6.07 Å². The lowest BCUT2D eigenvalue weighted by atomic mass is 10.2. The highest BCUT2D eigenvalue weighted by molar-refractivity contribution is 9.10. The highest BCUT2D eigenvalue weighted by Crippen LogP contribution is 2.22. The average Bonchev–Trinajstić information content (AvgIpc) is 2.85. The Morgan fingerprint density at radius 1 is 1.30 bits per heavy atom. The first-order valence-corrected chi connectivity index (χ1v) is 6.63. The quantitative estimate of drug-likeness (QED) is 0.750. The molecule has 1 amide bonds. The number of fused-ring (bicyclic) bond motifs is 1. The summed E-state index contributed by atoms with van der Waals surface area (Å²) in [6.07, 6.45) is 1.66. The molecule has 1 heterocycles. The first-order valence-electron chi connectivity index (χ1n) is 5.83. The van der Waals surface area contributed by atoms with Gasteiger partial charge in [0, 0.05) is 15.5 Å². The summed E-state index contributed by atoms with van der Waals surface area (Å²) < 4.78 is 14.1. The molecule has 6 heteroatoms. The molecule has 1 aromatic heterocycles. The molecular formula is C14H9BrFN3O. The first kappa shape index (κ1) is 12.8. The van der Waals surface area contributed by atoms with E-state index in [1.165, 1.54) is 12.1 Å². The number of halogens is 2. The minimum Gasteiger partial charge on any atom is -0.322 e. The molecule has 4 nitrogen and oxygen atoms in total. The van der Waals surface area contributed by atoms with Crippen molar-refractivity contribution in [3.05, 3.63) is 58.4 Å². The summed E-state index contributed by atoms with van der Waals surface area (Å²) in [6, 6.07) is 9.71. The normalized spacial score (nSPS) is 10.7. The number of nitrogens with one attached hydrogen (secondary N) is 2. The number of aromatic amines is 1. The van der Waals surface area contributed by atoms with E-state index in [0.717, 1.165) is 10.9 Å². The Morgan fingerprint density at radius 2 is 2.15 bits per heavy atom. The van der Waals surface area contributed by atoms with Crippen LogP contribution in [0.3, 0.4) is 0 Å². The van der Waals surface area contributed by atoms with Gasteiger partial charge in [-0.15, -0.1) is 0 Å². The number of rotatable bonds is 2. The fraction of sp³-hybridized carbons (Fsp3) is 0. The number of amides is 1. The molecule has 0 aliphatic carbocycles. The van der Waals surface area contributed by atoms with E-state index >= 15 is 0 Å². The van der Waals surface area contributed by atoms with Crippen molar-refractivity contribution in [2.75, 3.05) is 5.32 Å².